The van der Waals surface area contributed by atoms with Gasteiger partial charge in [-0.15, -0.1) is 0 Å². The number of hydrogen-bond donors (Lipinski definition) is 3. The second kappa shape index (κ2) is 11.0. The summed E-state index contributed by atoms with van der Waals surface area (Å²) >= 11 is 0. The summed E-state index contributed by atoms with van der Waals surface area (Å²) in [5.74, 6) is -0.507. The van der Waals surface area contributed by atoms with Gasteiger partial charge in [0.15, 0.2) is 0 Å². The van der Waals surface area contributed by atoms with E-state index in [9.17, 15) is 13.2 Å². The molecule has 0 unspecified atom stereocenters. The van der Waals surface area contributed by atoms with Crippen LogP contribution in [0.15, 0.2) is 11.8 Å². The number of methoxy groups -OCH3 is 1. The van der Waals surface area contributed by atoms with E-state index in [1.165, 1.54) is 14.0 Å². The molecule has 7 nitrogen and oxygen atoms in total. The van der Waals surface area contributed by atoms with E-state index in [1.807, 2.05) is 0 Å². The first-order valence-electron chi connectivity index (χ1n) is 3.77. The summed E-state index contributed by atoms with van der Waals surface area (Å²) in [6, 6.07) is 0. The average molecular weight is 242 g/mol. The van der Waals surface area contributed by atoms with Crippen molar-refractivity contribution in [1.29, 1.82) is 0 Å². The average Bonchev–Trinajstić information content (AvgIpc) is 2.24. The standard InChI is InChI=1S/C5H8O3.C2H6O4S/c1-4(3-6)5(7)8-2;3-1-2-6-7(4)5/h3,6H,1-2H3;3,7H,1-2H2. The Kier molecular flexibility index (Phi) is 11.9. The summed E-state index contributed by atoms with van der Waals surface area (Å²) in [7, 11) is -1.51. The number of aliphatic hydroxyl groups excluding tert-OH is 2. The molecular formula is C7H14O7S. The topological polar surface area (TPSA) is 110 Å². The Bertz CT molecular complexity index is 261. The summed E-state index contributed by atoms with van der Waals surface area (Å²) in [4.78, 5) is 10.3. The molecule has 0 saturated carbocycles. The van der Waals surface area contributed by atoms with Gasteiger partial charge < -0.3 is 14.9 Å². The molecule has 8 heteroatoms. The van der Waals surface area contributed by atoms with Crippen LogP contribution in [0, 0.1) is 0 Å². The SMILES string of the molecule is COC(=O)C(C)=CO.O=[SH](=O)OCCO. The van der Waals surface area contributed by atoms with E-state index < -0.39 is 17.0 Å². The summed E-state index contributed by atoms with van der Waals surface area (Å²) < 4.78 is 27.1. The van der Waals surface area contributed by atoms with Gasteiger partial charge in [-0.1, -0.05) is 0 Å². The molecule has 2 N–H and O–H groups in total. The maximum atomic E-state index is 10.3. The highest BCUT2D eigenvalue weighted by Crippen LogP contribution is 1.90. The first-order chi connectivity index (χ1) is 6.99. The smallest absolute Gasteiger partial charge is 0.336 e. The zero-order valence-corrected chi connectivity index (χ0v) is 9.27. The van der Waals surface area contributed by atoms with Crippen molar-refractivity contribution < 1.29 is 32.3 Å². The summed E-state index contributed by atoms with van der Waals surface area (Å²) in [5.41, 5.74) is 0.201. The van der Waals surface area contributed by atoms with Crippen molar-refractivity contribution in [2.45, 2.75) is 6.92 Å². The first kappa shape index (κ1) is 16.3. The Labute approximate surface area is 89.1 Å². The molecule has 0 heterocycles. The lowest BCUT2D eigenvalue weighted by molar-refractivity contribution is -0.136. The van der Waals surface area contributed by atoms with E-state index in [4.69, 9.17) is 10.2 Å². The summed E-state index contributed by atoms with van der Waals surface area (Å²) in [6.45, 7) is 1.06. The van der Waals surface area contributed by atoms with Gasteiger partial charge in [0.2, 0.25) is 0 Å². The van der Waals surface area contributed by atoms with E-state index in [-0.39, 0.29) is 18.8 Å². The molecule has 0 aromatic rings. The third-order valence-electron chi connectivity index (χ3n) is 0.989. The second-order valence-electron chi connectivity index (χ2n) is 2.08. The molecule has 0 aliphatic rings. The molecule has 0 saturated heterocycles. The van der Waals surface area contributed by atoms with Crippen LogP contribution in [0.25, 0.3) is 0 Å². The van der Waals surface area contributed by atoms with E-state index in [0.29, 0.717) is 6.26 Å². The maximum absolute atomic E-state index is 10.3. The highest BCUT2D eigenvalue weighted by Gasteiger charge is 1.99. The van der Waals surface area contributed by atoms with Crippen LogP contribution in [0.4, 0.5) is 0 Å². The van der Waals surface area contributed by atoms with E-state index in [2.05, 4.69) is 8.92 Å². The Morgan fingerprint density at radius 2 is 2.00 bits per heavy atom. The normalized spacial score (nSPS) is 10.5. The second-order valence-corrected chi connectivity index (χ2v) is 2.79. The molecule has 0 fully saturated rings. The lowest BCUT2D eigenvalue weighted by Crippen LogP contribution is -2.00. The van der Waals surface area contributed by atoms with Gasteiger partial charge in [-0.05, 0) is 6.92 Å². The van der Waals surface area contributed by atoms with E-state index in [1.54, 1.807) is 0 Å². The van der Waals surface area contributed by atoms with Crippen molar-refractivity contribution in [3.63, 3.8) is 0 Å². The fourth-order valence-electron chi connectivity index (χ4n) is 0.329. The number of hydrogen-bond acceptors (Lipinski definition) is 7. The number of thiol groups is 1. The molecule has 15 heavy (non-hydrogen) atoms. The van der Waals surface area contributed by atoms with Crippen LogP contribution < -0.4 is 0 Å². The maximum Gasteiger partial charge on any atom is 0.336 e. The summed E-state index contributed by atoms with van der Waals surface area (Å²) in [6.07, 6.45) is 0.714. The zero-order valence-electron chi connectivity index (χ0n) is 8.37. The number of esters is 1. The fourth-order valence-corrected chi connectivity index (χ4v) is 0.560. The monoisotopic (exact) mass is 242 g/mol. The predicted octanol–water partition coefficient (Wildman–Crippen LogP) is -0.857. The highest BCUT2D eigenvalue weighted by atomic mass is 32.2. The van der Waals surface area contributed by atoms with Crippen LogP contribution >= 0.6 is 0 Å². The third kappa shape index (κ3) is 12.9. The molecule has 0 radical (unpaired) electrons. The van der Waals surface area contributed by atoms with Crippen LogP contribution in [0.5, 0.6) is 0 Å². The van der Waals surface area contributed by atoms with Crippen molar-refractivity contribution in [2.75, 3.05) is 20.3 Å². The molecule has 0 atom stereocenters. The lowest BCUT2D eigenvalue weighted by Gasteiger charge is -1.92. The van der Waals surface area contributed by atoms with E-state index in [0.717, 1.165) is 0 Å². The Morgan fingerprint density at radius 1 is 1.47 bits per heavy atom. The van der Waals surface area contributed by atoms with Crippen molar-refractivity contribution >= 4 is 17.0 Å². The molecule has 0 amide bonds. The van der Waals surface area contributed by atoms with Crippen molar-refractivity contribution in [3.8, 4) is 0 Å². The number of rotatable bonds is 4. The minimum Gasteiger partial charge on any atom is -0.515 e. The van der Waals surface area contributed by atoms with Crippen molar-refractivity contribution in [3.05, 3.63) is 11.8 Å². The molecule has 0 spiro atoms. The minimum absolute atomic E-state index is 0.140. The first-order valence-corrected chi connectivity index (χ1v) is 4.86. The van der Waals surface area contributed by atoms with Gasteiger partial charge in [-0.3, -0.25) is 4.18 Å². The Balaban J connectivity index is 0. The van der Waals surface area contributed by atoms with Gasteiger partial charge >= 0.3 is 5.97 Å². The number of carbonyl (C=O) groups excluding carboxylic acids is 1. The van der Waals surface area contributed by atoms with Gasteiger partial charge in [0, 0.05) is 0 Å². The van der Waals surface area contributed by atoms with Gasteiger partial charge in [0.25, 0.3) is 11.0 Å². The molecule has 90 valence electrons. The number of aliphatic hydroxyl groups is 2. The van der Waals surface area contributed by atoms with Crippen LogP contribution in [0.2, 0.25) is 0 Å². The molecular weight excluding hydrogens is 228 g/mol. The summed E-state index contributed by atoms with van der Waals surface area (Å²) in [5, 5.41) is 16.1. The highest BCUT2D eigenvalue weighted by molar-refractivity contribution is 7.67. The third-order valence-corrected chi connectivity index (χ3v) is 1.38. The number of carbonyl (C=O) groups is 1. The predicted molar refractivity (Wildman–Crippen MR) is 51.8 cm³/mol. The van der Waals surface area contributed by atoms with Gasteiger partial charge in [0.1, 0.15) is 0 Å². The van der Waals surface area contributed by atoms with Crippen molar-refractivity contribution in [2.24, 2.45) is 0 Å². The Hall–Kier alpha value is -1.12. The van der Waals surface area contributed by atoms with Gasteiger partial charge in [0.05, 0.1) is 32.2 Å². The van der Waals surface area contributed by atoms with Crippen LogP contribution in [-0.2, 0) is 24.7 Å². The van der Waals surface area contributed by atoms with E-state index >= 15 is 0 Å². The Morgan fingerprint density at radius 3 is 2.13 bits per heavy atom. The number of ether oxygens (including phenoxy) is 1. The molecule has 0 aliphatic carbocycles. The minimum atomic E-state index is -2.77. The quantitative estimate of drug-likeness (QED) is 0.255. The van der Waals surface area contributed by atoms with Gasteiger partial charge in [-0.2, -0.15) is 0 Å². The van der Waals surface area contributed by atoms with Crippen LogP contribution in [-0.4, -0.2) is 44.9 Å². The fraction of sp³-hybridized carbons (Fsp3) is 0.571. The van der Waals surface area contributed by atoms with Crippen LogP contribution in [0.1, 0.15) is 6.92 Å². The molecule has 0 rings (SSSR count). The van der Waals surface area contributed by atoms with Crippen molar-refractivity contribution in [1.82, 2.24) is 0 Å². The zero-order chi connectivity index (χ0) is 12.3. The van der Waals surface area contributed by atoms with Gasteiger partial charge in [-0.25, -0.2) is 13.2 Å². The molecule has 0 aliphatic heterocycles. The lowest BCUT2D eigenvalue weighted by atomic mass is 10.3. The molecule has 0 aromatic carbocycles. The molecule has 0 aromatic heterocycles. The largest absolute Gasteiger partial charge is 0.515 e. The molecule has 0 bridgehead atoms. The van der Waals surface area contributed by atoms with Crippen LogP contribution in [0.3, 0.4) is 0 Å².